The maximum atomic E-state index is 6.47. The second-order valence-corrected chi connectivity index (χ2v) is 11.8. The lowest BCUT2D eigenvalue weighted by Gasteiger charge is -2.14. The smallest absolute Gasteiger partial charge is 0.196 e. The second kappa shape index (κ2) is 9.25. The van der Waals surface area contributed by atoms with Crippen LogP contribution in [0.25, 0.3) is 71.3 Å². The standard InChI is InChI=1S/C41H26N2O2/c1-2-8-25(9-3-1)28-16-20-32-37(24-28)44-35-22-23-36-40(39(32)35)42-41(45-36)27-14-18-29(19-15-27)43-33-13-7-6-12-31(33)38-30-11-5-4-10-26(30)17-21-34(38)43/h1-24,41-42H. The summed E-state index contributed by atoms with van der Waals surface area (Å²) in [5.41, 5.74) is 9.58. The number of aromatic nitrogens is 1. The van der Waals surface area contributed by atoms with Crippen molar-refractivity contribution in [3.63, 3.8) is 0 Å². The molecule has 0 saturated heterocycles. The molecule has 9 aromatic rings. The molecule has 3 heterocycles. The van der Waals surface area contributed by atoms with E-state index in [1.807, 2.05) is 18.2 Å². The van der Waals surface area contributed by atoms with Crippen LogP contribution < -0.4 is 10.1 Å². The van der Waals surface area contributed by atoms with Gasteiger partial charge in [0.2, 0.25) is 0 Å². The molecule has 0 spiro atoms. The van der Waals surface area contributed by atoms with Crippen molar-refractivity contribution < 1.29 is 9.15 Å². The first kappa shape index (κ1) is 24.4. The number of nitrogens with one attached hydrogen (secondary N) is 1. The molecule has 0 bridgehead atoms. The summed E-state index contributed by atoms with van der Waals surface area (Å²) in [7, 11) is 0. The third-order valence-corrected chi connectivity index (χ3v) is 9.24. The van der Waals surface area contributed by atoms with Crippen LogP contribution in [0.3, 0.4) is 0 Å². The van der Waals surface area contributed by atoms with Crippen LogP contribution in [0.5, 0.6) is 5.75 Å². The van der Waals surface area contributed by atoms with Crippen LogP contribution in [0.15, 0.2) is 150 Å². The van der Waals surface area contributed by atoms with Crippen LogP contribution in [0.2, 0.25) is 0 Å². The summed E-state index contributed by atoms with van der Waals surface area (Å²) in [4.78, 5) is 0. The third-order valence-electron chi connectivity index (χ3n) is 9.24. The molecule has 10 rings (SSSR count). The Kier molecular flexibility index (Phi) is 5.02. The summed E-state index contributed by atoms with van der Waals surface area (Å²) in [6, 6.07) is 51.3. The van der Waals surface area contributed by atoms with E-state index < -0.39 is 0 Å². The average molecular weight is 579 g/mol. The monoisotopic (exact) mass is 578 g/mol. The molecule has 1 aliphatic rings. The Morgan fingerprint density at radius 2 is 1.33 bits per heavy atom. The third kappa shape index (κ3) is 3.60. The minimum absolute atomic E-state index is 0.296. The van der Waals surface area contributed by atoms with Gasteiger partial charge in [0.1, 0.15) is 16.9 Å². The van der Waals surface area contributed by atoms with Gasteiger partial charge < -0.3 is 19.0 Å². The van der Waals surface area contributed by atoms with E-state index in [1.165, 1.54) is 38.1 Å². The van der Waals surface area contributed by atoms with Crippen LogP contribution in [-0.4, -0.2) is 4.57 Å². The first-order valence-corrected chi connectivity index (χ1v) is 15.3. The number of nitrogens with zero attached hydrogens (tertiary/aromatic N) is 1. The van der Waals surface area contributed by atoms with Gasteiger partial charge in [0, 0.05) is 27.4 Å². The second-order valence-electron chi connectivity index (χ2n) is 11.8. The number of benzene rings is 7. The lowest BCUT2D eigenvalue weighted by atomic mass is 10.0. The molecule has 0 aliphatic carbocycles. The lowest BCUT2D eigenvalue weighted by molar-refractivity contribution is 0.260. The molecule has 1 atom stereocenters. The average Bonchev–Trinajstić information content (AvgIpc) is 3.80. The SMILES string of the molecule is c1ccc(-c2ccc3c(c2)oc2ccc4c(c23)NC(c2ccc(-n3c5ccccc5c5c6ccccc6ccc53)cc2)O4)cc1. The van der Waals surface area contributed by atoms with Crippen LogP contribution in [0, 0.1) is 0 Å². The lowest BCUT2D eigenvalue weighted by Crippen LogP contribution is -2.10. The van der Waals surface area contributed by atoms with Crippen molar-refractivity contribution in [2.75, 3.05) is 5.32 Å². The molecular weight excluding hydrogens is 552 g/mol. The Morgan fingerprint density at radius 3 is 2.22 bits per heavy atom. The highest BCUT2D eigenvalue weighted by Crippen LogP contribution is 2.47. The molecule has 45 heavy (non-hydrogen) atoms. The van der Waals surface area contributed by atoms with Gasteiger partial charge in [0.25, 0.3) is 0 Å². The fourth-order valence-electron chi connectivity index (χ4n) is 7.15. The summed E-state index contributed by atoms with van der Waals surface area (Å²) in [6.07, 6.45) is -0.296. The van der Waals surface area contributed by atoms with Crippen molar-refractivity contribution in [2.45, 2.75) is 6.23 Å². The number of anilines is 1. The Hall–Kier alpha value is -6.00. The van der Waals surface area contributed by atoms with E-state index in [2.05, 4.69) is 137 Å². The Morgan fingerprint density at radius 1 is 0.533 bits per heavy atom. The molecule has 0 amide bonds. The Bertz CT molecular complexity index is 2590. The molecule has 1 N–H and O–H groups in total. The van der Waals surface area contributed by atoms with Gasteiger partial charge >= 0.3 is 0 Å². The number of fused-ring (bicyclic) bond motifs is 10. The highest BCUT2D eigenvalue weighted by Gasteiger charge is 2.28. The first-order valence-electron chi connectivity index (χ1n) is 15.3. The predicted molar refractivity (Wildman–Crippen MR) is 184 cm³/mol. The minimum atomic E-state index is -0.296. The fourth-order valence-corrected chi connectivity index (χ4v) is 7.15. The number of hydrogen-bond donors (Lipinski definition) is 1. The van der Waals surface area contributed by atoms with Gasteiger partial charge in [-0.25, -0.2) is 0 Å². The number of ether oxygens (including phenoxy) is 1. The van der Waals surface area contributed by atoms with Crippen molar-refractivity contribution in [2.24, 2.45) is 0 Å². The molecule has 7 aromatic carbocycles. The molecule has 2 aromatic heterocycles. The van der Waals surface area contributed by atoms with Crippen molar-refractivity contribution in [3.05, 3.63) is 151 Å². The highest BCUT2D eigenvalue weighted by molar-refractivity contribution is 6.21. The number of rotatable bonds is 3. The molecule has 0 saturated carbocycles. The van der Waals surface area contributed by atoms with E-state index in [4.69, 9.17) is 9.15 Å². The van der Waals surface area contributed by atoms with Gasteiger partial charge in [-0.1, -0.05) is 97.1 Å². The first-order chi connectivity index (χ1) is 22.3. The quantitative estimate of drug-likeness (QED) is 0.227. The normalized spacial score (nSPS) is 14.4. The molecule has 1 aliphatic heterocycles. The van der Waals surface area contributed by atoms with Crippen molar-refractivity contribution in [3.8, 4) is 22.6 Å². The van der Waals surface area contributed by atoms with E-state index in [0.29, 0.717) is 0 Å². The molecular formula is C41H26N2O2. The van der Waals surface area contributed by atoms with Gasteiger partial charge in [0.15, 0.2) is 6.23 Å². The van der Waals surface area contributed by atoms with Gasteiger partial charge in [-0.2, -0.15) is 0 Å². The van der Waals surface area contributed by atoms with Gasteiger partial charge in [-0.05, 0) is 70.4 Å². The Balaban J connectivity index is 1.03. The topological polar surface area (TPSA) is 39.3 Å². The molecule has 0 fully saturated rings. The molecule has 4 nitrogen and oxygen atoms in total. The van der Waals surface area contributed by atoms with E-state index in [9.17, 15) is 0 Å². The number of hydrogen-bond acceptors (Lipinski definition) is 3. The Labute approximate surface area is 258 Å². The van der Waals surface area contributed by atoms with Gasteiger partial charge in [0.05, 0.1) is 22.1 Å². The maximum Gasteiger partial charge on any atom is 0.196 e. The molecule has 212 valence electrons. The van der Waals surface area contributed by atoms with E-state index in [-0.39, 0.29) is 6.23 Å². The number of para-hydroxylation sites is 1. The van der Waals surface area contributed by atoms with Crippen molar-refractivity contribution in [1.82, 2.24) is 4.57 Å². The van der Waals surface area contributed by atoms with E-state index in [1.54, 1.807) is 0 Å². The predicted octanol–water partition coefficient (Wildman–Crippen LogP) is 11.0. The van der Waals surface area contributed by atoms with E-state index in [0.717, 1.165) is 50.2 Å². The van der Waals surface area contributed by atoms with E-state index >= 15 is 0 Å². The summed E-state index contributed by atoms with van der Waals surface area (Å²) in [5.74, 6) is 0.834. The van der Waals surface area contributed by atoms with Gasteiger partial charge in [-0.15, -0.1) is 0 Å². The molecule has 1 unspecified atom stereocenters. The summed E-state index contributed by atoms with van der Waals surface area (Å²) < 4.78 is 15.2. The minimum Gasteiger partial charge on any atom is -0.464 e. The zero-order valence-corrected chi connectivity index (χ0v) is 24.2. The van der Waals surface area contributed by atoms with Crippen LogP contribution >= 0.6 is 0 Å². The molecule has 0 radical (unpaired) electrons. The van der Waals surface area contributed by atoms with Crippen molar-refractivity contribution >= 4 is 60.2 Å². The maximum absolute atomic E-state index is 6.47. The number of furan rings is 1. The van der Waals surface area contributed by atoms with Crippen LogP contribution in [-0.2, 0) is 0 Å². The summed E-state index contributed by atoms with van der Waals surface area (Å²) in [5, 5.41) is 10.9. The molecule has 4 heteroatoms. The van der Waals surface area contributed by atoms with Crippen LogP contribution in [0.4, 0.5) is 5.69 Å². The van der Waals surface area contributed by atoms with Crippen LogP contribution in [0.1, 0.15) is 11.8 Å². The summed E-state index contributed by atoms with van der Waals surface area (Å²) in [6.45, 7) is 0. The zero-order valence-electron chi connectivity index (χ0n) is 24.2. The largest absolute Gasteiger partial charge is 0.464 e. The fraction of sp³-hybridized carbons (Fsp3) is 0.0244. The zero-order chi connectivity index (χ0) is 29.5. The summed E-state index contributed by atoms with van der Waals surface area (Å²) >= 11 is 0. The highest BCUT2D eigenvalue weighted by atomic mass is 16.5. The van der Waals surface area contributed by atoms with Crippen molar-refractivity contribution in [1.29, 1.82) is 0 Å². The van der Waals surface area contributed by atoms with Gasteiger partial charge in [-0.3, -0.25) is 0 Å².